The molecule has 112 valence electrons. The summed E-state index contributed by atoms with van der Waals surface area (Å²) in [5, 5.41) is 4.06. The monoisotopic (exact) mass is 265 g/mol. The van der Waals surface area contributed by atoms with Crippen LogP contribution in [0.2, 0.25) is 0 Å². The molecule has 2 fully saturated rings. The Morgan fingerprint density at radius 3 is 2.47 bits per heavy atom. The van der Waals surface area contributed by atoms with Crippen LogP contribution in [0, 0.1) is 11.8 Å². The number of nitrogens with one attached hydrogen (secondary N) is 1. The average Bonchev–Trinajstić information content (AvgIpc) is 2.66. The summed E-state index contributed by atoms with van der Waals surface area (Å²) >= 11 is 0. The second-order valence-electron chi connectivity index (χ2n) is 7.09. The van der Waals surface area contributed by atoms with E-state index in [1.165, 1.54) is 77.0 Å². The molecule has 19 heavy (non-hydrogen) atoms. The molecule has 2 aliphatic carbocycles. The van der Waals surface area contributed by atoms with Gasteiger partial charge in [-0.15, -0.1) is 0 Å². The highest BCUT2D eigenvalue weighted by Crippen LogP contribution is 2.30. The lowest BCUT2D eigenvalue weighted by molar-refractivity contribution is 0.228. The van der Waals surface area contributed by atoms with Gasteiger partial charge in [-0.2, -0.15) is 0 Å². The van der Waals surface area contributed by atoms with E-state index in [2.05, 4.69) is 19.2 Å². The molecule has 2 saturated carbocycles. The normalized spacial score (nSPS) is 36.9. The summed E-state index contributed by atoms with van der Waals surface area (Å²) in [4.78, 5) is 0. The second kappa shape index (κ2) is 8.29. The van der Waals surface area contributed by atoms with Gasteiger partial charge in [-0.25, -0.2) is 0 Å². The molecule has 0 aromatic rings. The van der Waals surface area contributed by atoms with Crippen molar-refractivity contribution in [1.82, 2.24) is 5.32 Å². The molecule has 0 radical (unpaired) electrons. The van der Waals surface area contributed by atoms with Crippen molar-refractivity contribution in [2.75, 3.05) is 0 Å². The molecule has 0 heterocycles. The fraction of sp³-hybridized carbons (Fsp3) is 1.00. The lowest BCUT2D eigenvalue weighted by Crippen LogP contribution is -2.44. The van der Waals surface area contributed by atoms with Crippen molar-refractivity contribution in [2.24, 2.45) is 11.8 Å². The van der Waals surface area contributed by atoms with Crippen molar-refractivity contribution in [2.45, 2.75) is 103 Å². The van der Waals surface area contributed by atoms with Crippen LogP contribution in [0.15, 0.2) is 0 Å². The molecule has 0 bridgehead atoms. The third-order valence-corrected chi connectivity index (χ3v) is 5.67. The third kappa shape index (κ3) is 4.77. The SMILES string of the molecule is CCCC1CCCC(NC2CCCCC2CC)CC1. The van der Waals surface area contributed by atoms with Crippen LogP contribution in [0.4, 0.5) is 0 Å². The summed E-state index contributed by atoms with van der Waals surface area (Å²) in [7, 11) is 0. The predicted octanol–water partition coefficient (Wildman–Crippen LogP) is 5.29. The maximum Gasteiger partial charge on any atom is 0.00978 e. The standard InChI is InChI=1S/C18H35N/c1-3-8-15-9-7-11-17(14-13-15)19-18-12-6-5-10-16(18)4-2/h15-19H,3-14H2,1-2H3. The van der Waals surface area contributed by atoms with Gasteiger partial charge in [0.25, 0.3) is 0 Å². The van der Waals surface area contributed by atoms with E-state index in [0.717, 1.165) is 23.9 Å². The lowest BCUT2D eigenvalue weighted by Gasteiger charge is -2.34. The first-order valence-electron chi connectivity index (χ1n) is 9.09. The Hall–Kier alpha value is -0.0400. The van der Waals surface area contributed by atoms with Crippen molar-refractivity contribution >= 4 is 0 Å². The Kier molecular flexibility index (Phi) is 6.70. The van der Waals surface area contributed by atoms with Gasteiger partial charge in [-0.3, -0.25) is 0 Å². The van der Waals surface area contributed by atoms with Crippen LogP contribution < -0.4 is 5.32 Å². The Balaban J connectivity index is 1.78. The highest BCUT2D eigenvalue weighted by Gasteiger charge is 2.27. The average molecular weight is 265 g/mol. The first kappa shape index (κ1) is 15.4. The zero-order valence-corrected chi connectivity index (χ0v) is 13.3. The smallest absolute Gasteiger partial charge is 0.00978 e. The molecule has 0 aromatic carbocycles. The Labute approximate surface area is 120 Å². The maximum atomic E-state index is 4.06. The summed E-state index contributed by atoms with van der Waals surface area (Å²) in [6.07, 6.45) is 17.4. The van der Waals surface area contributed by atoms with E-state index in [1.807, 2.05) is 0 Å². The first-order chi connectivity index (χ1) is 9.33. The summed E-state index contributed by atoms with van der Waals surface area (Å²) in [5.74, 6) is 1.99. The van der Waals surface area contributed by atoms with Gasteiger partial charge in [0.05, 0.1) is 0 Å². The van der Waals surface area contributed by atoms with E-state index in [0.29, 0.717) is 0 Å². The van der Waals surface area contributed by atoms with E-state index < -0.39 is 0 Å². The fourth-order valence-corrected chi connectivity index (χ4v) is 4.46. The third-order valence-electron chi connectivity index (χ3n) is 5.67. The van der Waals surface area contributed by atoms with Gasteiger partial charge in [0.15, 0.2) is 0 Å². The largest absolute Gasteiger partial charge is 0.311 e. The molecule has 1 nitrogen and oxygen atoms in total. The van der Waals surface area contributed by atoms with Crippen molar-refractivity contribution in [3.63, 3.8) is 0 Å². The zero-order chi connectivity index (χ0) is 13.5. The van der Waals surface area contributed by atoms with Crippen molar-refractivity contribution in [3.8, 4) is 0 Å². The highest BCUT2D eigenvalue weighted by atomic mass is 15.0. The molecular formula is C18H35N. The molecule has 1 N–H and O–H groups in total. The molecule has 0 saturated heterocycles. The van der Waals surface area contributed by atoms with Crippen molar-refractivity contribution < 1.29 is 0 Å². The van der Waals surface area contributed by atoms with Gasteiger partial charge in [-0.1, -0.05) is 58.8 Å². The Morgan fingerprint density at radius 1 is 0.842 bits per heavy atom. The molecule has 1 heteroatoms. The van der Waals surface area contributed by atoms with E-state index in [4.69, 9.17) is 0 Å². The second-order valence-corrected chi connectivity index (χ2v) is 7.09. The fourth-order valence-electron chi connectivity index (χ4n) is 4.46. The number of hydrogen-bond donors (Lipinski definition) is 1. The minimum atomic E-state index is 0.832. The molecule has 0 spiro atoms. The summed E-state index contributed by atoms with van der Waals surface area (Å²) in [5.41, 5.74) is 0. The van der Waals surface area contributed by atoms with Gasteiger partial charge in [0.2, 0.25) is 0 Å². The maximum absolute atomic E-state index is 4.06. The predicted molar refractivity (Wildman–Crippen MR) is 84.4 cm³/mol. The van der Waals surface area contributed by atoms with Crippen LogP contribution in [-0.4, -0.2) is 12.1 Å². The van der Waals surface area contributed by atoms with Gasteiger partial charge in [-0.05, 0) is 43.9 Å². The van der Waals surface area contributed by atoms with Gasteiger partial charge in [0, 0.05) is 12.1 Å². The molecule has 4 atom stereocenters. The van der Waals surface area contributed by atoms with Crippen molar-refractivity contribution in [3.05, 3.63) is 0 Å². The topological polar surface area (TPSA) is 12.0 Å². The molecule has 0 amide bonds. The van der Waals surface area contributed by atoms with E-state index in [-0.39, 0.29) is 0 Å². The van der Waals surface area contributed by atoms with Gasteiger partial charge >= 0.3 is 0 Å². The molecule has 0 aromatic heterocycles. The molecule has 2 aliphatic rings. The molecule has 0 aliphatic heterocycles. The van der Waals surface area contributed by atoms with Crippen molar-refractivity contribution in [1.29, 1.82) is 0 Å². The van der Waals surface area contributed by atoms with Crippen LogP contribution in [0.5, 0.6) is 0 Å². The summed E-state index contributed by atoms with van der Waals surface area (Å²) in [6.45, 7) is 4.73. The molecule has 2 rings (SSSR count). The van der Waals surface area contributed by atoms with E-state index in [1.54, 1.807) is 0 Å². The summed E-state index contributed by atoms with van der Waals surface area (Å²) < 4.78 is 0. The highest BCUT2D eigenvalue weighted by molar-refractivity contribution is 4.85. The summed E-state index contributed by atoms with van der Waals surface area (Å²) in [6, 6.07) is 1.67. The number of rotatable bonds is 5. The molecular weight excluding hydrogens is 230 g/mol. The first-order valence-corrected chi connectivity index (χ1v) is 9.09. The van der Waals surface area contributed by atoms with Crippen LogP contribution in [-0.2, 0) is 0 Å². The van der Waals surface area contributed by atoms with Gasteiger partial charge in [0.1, 0.15) is 0 Å². The lowest BCUT2D eigenvalue weighted by atomic mass is 9.82. The van der Waals surface area contributed by atoms with E-state index >= 15 is 0 Å². The van der Waals surface area contributed by atoms with Crippen LogP contribution in [0.3, 0.4) is 0 Å². The Morgan fingerprint density at radius 2 is 1.68 bits per heavy atom. The number of hydrogen-bond acceptors (Lipinski definition) is 1. The Bertz CT molecular complexity index is 238. The van der Waals surface area contributed by atoms with E-state index in [9.17, 15) is 0 Å². The minimum absolute atomic E-state index is 0.832. The van der Waals surface area contributed by atoms with Crippen LogP contribution in [0.25, 0.3) is 0 Å². The molecule has 4 unspecified atom stereocenters. The van der Waals surface area contributed by atoms with Crippen LogP contribution in [0.1, 0.15) is 90.9 Å². The quantitative estimate of drug-likeness (QED) is 0.666. The minimum Gasteiger partial charge on any atom is -0.311 e. The van der Waals surface area contributed by atoms with Crippen LogP contribution >= 0.6 is 0 Å². The zero-order valence-electron chi connectivity index (χ0n) is 13.3. The van der Waals surface area contributed by atoms with Gasteiger partial charge < -0.3 is 5.32 Å².